The first-order valence-electron chi connectivity index (χ1n) is 7.95. The predicted octanol–water partition coefficient (Wildman–Crippen LogP) is 2.31. The molecule has 3 rings (SSSR count). The summed E-state index contributed by atoms with van der Waals surface area (Å²) >= 11 is 0. The van der Waals surface area contributed by atoms with E-state index < -0.39 is 0 Å². The molecule has 1 aliphatic rings. The molecule has 2 aromatic rings. The van der Waals surface area contributed by atoms with Gasteiger partial charge in [-0.05, 0) is 19.8 Å². The van der Waals surface area contributed by atoms with E-state index in [1.807, 2.05) is 25.7 Å². The Labute approximate surface area is 135 Å². The van der Waals surface area contributed by atoms with Gasteiger partial charge >= 0.3 is 0 Å². The third-order valence-electron chi connectivity index (χ3n) is 4.17. The van der Waals surface area contributed by atoms with Gasteiger partial charge in [0.05, 0.1) is 11.3 Å². The van der Waals surface area contributed by atoms with Gasteiger partial charge in [0.15, 0.2) is 5.82 Å². The van der Waals surface area contributed by atoms with Crippen LogP contribution in [0, 0.1) is 6.92 Å². The van der Waals surface area contributed by atoms with Gasteiger partial charge in [0.2, 0.25) is 5.89 Å². The molecule has 1 atom stereocenters. The monoisotopic (exact) mass is 315 g/mol. The van der Waals surface area contributed by atoms with Crippen molar-refractivity contribution in [2.45, 2.75) is 45.4 Å². The summed E-state index contributed by atoms with van der Waals surface area (Å²) in [5, 5.41) is 4.10. The summed E-state index contributed by atoms with van der Waals surface area (Å²) in [6.07, 6.45) is 4.93. The van der Waals surface area contributed by atoms with Crippen LogP contribution < -0.4 is 0 Å². The van der Waals surface area contributed by atoms with Crippen molar-refractivity contribution in [3.8, 4) is 0 Å². The average Bonchev–Trinajstić information content (AvgIpc) is 3.05. The highest BCUT2D eigenvalue weighted by Gasteiger charge is 2.29. The number of aryl methyl sites for hydroxylation is 1. The van der Waals surface area contributed by atoms with Crippen LogP contribution in [0.15, 0.2) is 17.0 Å². The lowest BCUT2D eigenvalue weighted by Crippen LogP contribution is -2.39. The molecule has 7 nitrogen and oxygen atoms in total. The maximum Gasteiger partial charge on any atom is 0.257 e. The minimum Gasteiger partial charge on any atom is -0.339 e. The number of carbonyl (C=O) groups excluding carboxylic acids is 1. The molecular formula is C16H21N5O2. The van der Waals surface area contributed by atoms with E-state index in [0.717, 1.165) is 19.4 Å². The van der Waals surface area contributed by atoms with Crippen LogP contribution in [0.3, 0.4) is 0 Å². The number of amides is 1. The minimum absolute atomic E-state index is 0.0274. The molecule has 0 aliphatic carbocycles. The van der Waals surface area contributed by atoms with Crippen molar-refractivity contribution in [2.75, 3.05) is 13.1 Å². The average molecular weight is 315 g/mol. The Hall–Kier alpha value is -2.31. The fourth-order valence-corrected chi connectivity index (χ4v) is 2.79. The number of piperidine rings is 1. The summed E-state index contributed by atoms with van der Waals surface area (Å²) in [5.41, 5.74) is 1.26. The predicted molar refractivity (Wildman–Crippen MR) is 83.0 cm³/mol. The Morgan fingerprint density at radius 1 is 1.43 bits per heavy atom. The number of carbonyl (C=O) groups is 1. The minimum atomic E-state index is -0.0274. The lowest BCUT2D eigenvalue weighted by molar-refractivity contribution is 0.0702. The van der Waals surface area contributed by atoms with Crippen molar-refractivity contribution in [1.29, 1.82) is 0 Å². The van der Waals surface area contributed by atoms with Gasteiger partial charge < -0.3 is 9.42 Å². The first-order chi connectivity index (χ1) is 11.1. The molecular weight excluding hydrogens is 294 g/mol. The fraction of sp³-hybridized carbons (Fsp3) is 0.562. The molecule has 0 spiro atoms. The van der Waals surface area contributed by atoms with Crippen molar-refractivity contribution in [3.63, 3.8) is 0 Å². The quantitative estimate of drug-likeness (QED) is 0.864. The number of hydrogen-bond acceptors (Lipinski definition) is 6. The van der Waals surface area contributed by atoms with E-state index in [9.17, 15) is 4.79 Å². The molecule has 2 aromatic heterocycles. The number of rotatable bonds is 3. The van der Waals surface area contributed by atoms with Gasteiger partial charge in [-0.15, -0.1) is 0 Å². The Balaban J connectivity index is 1.75. The van der Waals surface area contributed by atoms with E-state index in [1.54, 1.807) is 6.20 Å². The molecule has 1 amide bonds. The molecule has 3 heterocycles. The van der Waals surface area contributed by atoms with E-state index in [-0.39, 0.29) is 17.7 Å². The molecule has 1 aliphatic heterocycles. The van der Waals surface area contributed by atoms with Crippen LogP contribution in [0.4, 0.5) is 0 Å². The number of aromatic nitrogens is 4. The normalized spacial score (nSPS) is 18.4. The van der Waals surface area contributed by atoms with Gasteiger partial charge in [-0.3, -0.25) is 4.79 Å². The zero-order chi connectivity index (χ0) is 16.4. The summed E-state index contributed by atoms with van der Waals surface area (Å²) < 4.78 is 5.29. The van der Waals surface area contributed by atoms with Gasteiger partial charge in [-0.2, -0.15) is 4.98 Å². The van der Waals surface area contributed by atoms with Gasteiger partial charge in [0, 0.05) is 31.1 Å². The van der Waals surface area contributed by atoms with E-state index in [2.05, 4.69) is 20.1 Å². The Bertz CT molecular complexity index is 697. The van der Waals surface area contributed by atoms with E-state index in [0.29, 0.717) is 29.5 Å². The SMILES string of the molecule is Cc1ncncc1C(=O)N1CCCC(c2noc(C(C)C)n2)C1. The molecule has 1 saturated heterocycles. The van der Waals surface area contributed by atoms with Crippen LogP contribution in [-0.4, -0.2) is 44.0 Å². The summed E-state index contributed by atoms with van der Waals surface area (Å²) in [6, 6.07) is 0. The van der Waals surface area contributed by atoms with Crippen molar-refractivity contribution < 1.29 is 9.32 Å². The standard InChI is InChI=1S/C16H21N5O2/c1-10(2)15-19-14(20-23-15)12-5-4-6-21(8-12)16(22)13-7-17-9-18-11(13)3/h7,9-10,12H,4-6,8H2,1-3H3. The van der Waals surface area contributed by atoms with Crippen molar-refractivity contribution >= 4 is 5.91 Å². The molecule has 1 unspecified atom stereocenters. The summed E-state index contributed by atoms with van der Waals surface area (Å²) in [5.74, 6) is 1.65. The third kappa shape index (κ3) is 3.23. The van der Waals surface area contributed by atoms with Crippen molar-refractivity contribution in [1.82, 2.24) is 25.0 Å². The van der Waals surface area contributed by atoms with E-state index in [1.165, 1.54) is 6.33 Å². The molecule has 0 radical (unpaired) electrons. The van der Waals surface area contributed by atoms with Crippen LogP contribution >= 0.6 is 0 Å². The molecule has 1 fully saturated rings. The molecule has 122 valence electrons. The highest BCUT2D eigenvalue weighted by molar-refractivity contribution is 5.95. The lowest BCUT2D eigenvalue weighted by Gasteiger charge is -2.31. The smallest absolute Gasteiger partial charge is 0.257 e. The summed E-state index contributed by atoms with van der Waals surface area (Å²) in [6.45, 7) is 7.20. The van der Waals surface area contributed by atoms with Crippen molar-refractivity contribution in [3.05, 3.63) is 35.5 Å². The zero-order valence-corrected chi connectivity index (χ0v) is 13.7. The van der Waals surface area contributed by atoms with E-state index >= 15 is 0 Å². The second-order valence-electron chi connectivity index (χ2n) is 6.26. The Morgan fingerprint density at radius 3 is 2.96 bits per heavy atom. The first-order valence-corrected chi connectivity index (χ1v) is 7.95. The molecule has 23 heavy (non-hydrogen) atoms. The molecule has 0 N–H and O–H groups in total. The fourth-order valence-electron chi connectivity index (χ4n) is 2.79. The zero-order valence-electron chi connectivity index (χ0n) is 13.7. The van der Waals surface area contributed by atoms with Gasteiger partial charge in [-0.25, -0.2) is 9.97 Å². The third-order valence-corrected chi connectivity index (χ3v) is 4.17. The lowest BCUT2D eigenvalue weighted by atomic mass is 9.96. The number of hydrogen-bond donors (Lipinski definition) is 0. The number of likely N-dealkylation sites (tertiary alicyclic amines) is 1. The topological polar surface area (TPSA) is 85.0 Å². The second-order valence-corrected chi connectivity index (χ2v) is 6.26. The largest absolute Gasteiger partial charge is 0.339 e. The highest BCUT2D eigenvalue weighted by atomic mass is 16.5. The Morgan fingerprint density at radius 2 is 2.26 bits per heavy atom. The maximum atomic E-state index is 12.7. The van der Waals surface area contributed by atoms with Crippen LogP contribution in [0.1, 0.15) is 66.3 Å². The van der Waals surface area contributed by atoms with Gasteiger partial charge in [-0.1, -0.05) is 19.0 Å². The number of nitrogens with zero attached hydrogens (tertiary/aromatic N) is 5. The molecule has 0 bridgehead atoms. The summed E-state index contributed by atoms with van der Waals surface area (Å²) in [4.78, 5) is 27.1. The van der Waals surface area contributed by atoms with Crippen LogP contribution in [-0.2, 0) is 0 Å². The molecule has 0 saturated carbocycles. The second kappa shape index (κ2) is 6.44. The van der Waals surface area contributed by atoms with Gasteiger partial charge in [0.1, 0.15) is 6.33 Å². The summed E-state index contributed by atoms with van der Waals surface area (Å²) in [7, 11) is 0. The highest BCUT2D eigenvalue weighted by Crippen LogP contribution is 2.27. The molecule has 7 heteroatoms. The van der Waals surface area contributed by atoms with Crippen LogP contribution in [0.2, 0.25) is 0 Å². The van der Waals surface area contributed by atoms with Crippen LogP contribution in [0.25, 0.3) is 0 Å². The first kappa shape index (κ1) is 15.6. The van der Waals surface area contributed by atoms with Crippen LogP contribution in [0.5, 0.6) is 0 Å². The Kier molecular flexibility index (Phi) is 4.36. The van der Waals surface area contributed by atoms with Gasteiger partial charge in [0.25, 0.3) is 5.91 Å². The molecule has 0 aromatic carbocycles. The van der Waals surface area contributed by atoms with Crippen molar-refractivity contribution in [2.24, 2.45) is 0 Å². The van der Waals surface area contributed by atoms with E-state index in [4.69, 9.17) is 4.52 Å². The maximum absolute atomic E-state index is 12.7.